The summed E-state index contributed by atoms with van der Waals surface area (Å²) in [5.74, 6) is -3.08. The first kappa shape index (κ1) is 16.8. The summed E-state index contributed by atoms with van der Waals surface area (Å²) in [4.78, 5) is 12.3. The van der Waals surface area contributed by atoms with E-state index in [1.54, 1.807) is 25.3 Å². The summed E-state index contributed by atoms with van der Waals surface area (Å²) in [6.07, 6.45) is -2.81. The van der Waals surface area contributed by atoms with Crippen LogP contribution in [0.25, 0.3) is 0 Å². The number of rotatable bonds is 4. The predicted molar refractivity (Wildman–Crippen MR) is 77.3 cm³/mol. The maximum atomic E-state index is 13.1. The number of alkyl halides is 3. The summed E-state index contributed by atoms with van der Waals surface area (Å²) in [5, 5.41) is 2.62. The summed E-state index contributed by atoms with van der Waals surface area (Å²) in [6.45, 7) is 0.387. The predicted octanol–water partition coefficient (Wildman–Crippen LogP) is 4.14. The van der Waals surface area contributed by atoms with Gasteiger partial charge in [-0.25, -0.2) is 0 Å². The van der Waals surface area contributed by atoms with Crippen LogP contribution in [0, 0.1) is 11.8 Å². The maximum Gasteiger partial charge on any atom is 0.392 e. The van der Waals surface area contributed by atoms with Crippen molar-refractivity contribution in [3.63, 3.8) is 0 Å². The number of anilines is 1. The summed E-state index contributed by atoms with van der Waals surface area (Å²) in [5.41, 5.74) is 1.36. The van der Waals surface area contributed by atoms with Gasteiger partial charge in [0.25, 0.3) is 0 Å². The van der Waals surface area contributed by atoms with Crippen LogP contribution >= 0.6 is 0 Å². The average Bonchev–Trinajstić information content (AvgIpc) is 2.47. The molecule has 0 radical (unpaired) electrons. The molecule has 0 aromatic heterocycles. The molecule has 1 fully saturated rings. The van der Waals surface area contributed by atoms with Gasteiger partial charge in [-0.05, 0) is 30.5 Å². The van der Waals surface area contributed by atoms with Crippen molar-refractivity contribution in [2.24, 2.45) is 11.8 Å². The van der Waals surface area contributed by atoms with Crippen LogP contribution in [0.5, 0.6) is 0 Å². The minimum atomic E-state index is -4.32. The Labute approximate surface area is 127 Å². The zero-order valence-electron chi connectivity index (χ0n) is 12.5. The van der Waals surface area contributed by atoms with Crippen molar-refractivity contribution in [2.75, 3.05) is 12.4 Å². The largest absolute Gasteiger partial charge is 0.392 e. The fourth-order valence-electron chi connectivity index (χ4n) is 2.98. The molecule has 0 unspecified atom stereocenters. The number of nitrogens with one attached hydrogen (secondary N) is 1. The minimum Gasteiger partial charge on any atom is -0.380 e. The smallest absolute Gasteiger partial charge is 0.380 e. The Morgan fingerprint density at radius 1 is 1.32 bits per heavy atom. The summed E-state index contributed by atoms with van der Waals surface area (Å²) >= 11 is 0. The van der Waals surface area contributed by atoms with Crippen molar-refractivity contribution in [2.45, 2.75) is 38.5 Å². The SMILES string of the molecule is COCc1cccc(NC(=O)[C@@H]2CCCC[C@@H]2C(F)(F)F)c1. The second kappa shape index (κ2) is 7.13. The maximum absolute atomic E-state index is 13.1. The molecule has 0 heterocycles. The van der Waals surface area contributed by atoms with E-state index in [1.807, 2.05) is 6.07 Å². The fourth-order valence-corrected chi connectivity index (χ4v) is 2.98. The van der Waals surface area contributed by atoms with E-state index in [4.69, 9.17) is 4.74 Å². The van der Waals surface area contributed by atoms with Crippen LogP contribution in [0.2, 0.25) is 0 Å². The molecule has 1 N–H and O–H groups in total. The van der Waals surface area contributed by atoms with E-state index in [2.05, 4.69) is 5.32 Å². The number of ether oxygens (including phenoxy) is 1. The van der Waals surface area contributed by atoms with E-state index in [0.717, 1.165) is 5.56 Å². The fraction of sp³-hybridized carbons (Fsp3) is 0.562. The molecule has 1 saturated carbocycles. The van der Waals surface area contributed by atoms with Gasteiger partial charge in [0.1, 0.15) is 0 Å². The zero-order chi connectivity index (χ0) is 16.2. The molecule has 2 rings (SSSR count). The Kier molecular flexibility index (Phi) is 5.45. The summed E-state index contributed by atoms with van der Waals surface area (Å²) in [7, 11) is 1.56. The van der Waals surface area contributed by atoms with Crippen molar-refractivity contribution < 1.29 is 22.7 Å². The van der Waals surface area contributed by atoms with Crippen molar-refractivity contribution in [1.82, 2.24) is 0 Å². The Morgan fingerprint density at radius 2 is 2.05 bits per heavy atom. The van der Waals surface area contributed by atoms with E-state index in [9.17, 15) is 18.0 Å². The second-order valence-electron chi connectivity index (χ2n) is 5.66. The van der Waals surface area contributed by atoms with Gasteiger partial charge >= 0.3 is 6.18 Å². The highest BCUT2D eigenvalue weighted by molar-refractivity contribution is 5.92. The van der Waals surface area contributed by atoms with Gasteiger partial charge in [-0.3, -0.25) is 4.79 Å². The van der Waals surface area contributed by atoms with Crippen molar-refractivity contribution in [3.05, 3.63) is 29.8 Å². The van der Waals surface area contributed by atoms with Gasteiger partial charge in [0.2, 0.25) is 5.91 Å². The number of benzene rings is 1. The molecule has 1 amide bonds. The number of hydrogen-bond donors (Lipinski definition) is 1. The molecular formula is C16H20F3NO2. The Bertz CT molecular complexity index is 516. The second-order valence-corrected chi connectivity index (χ2v) is 5.66. The number of amides is 1. The van der Waals surface area contributed by atoms with Crippen LogP contribution in [-0.4, -0.2) is 19.2 Å². The minimum absolute atomic E-state index is 0.0330. The van der Waals surface area contributed by atoms with Crippen LogP contribution in [0.3, 0.4) is 0 Å². The lowest BCUT2D eigenvalue weighted by Crippen LogP contribution is -2.39. The third-order valence-electron chi connectivity index (χ3n) is 4.03. The first-order chi connectivity index (χ1) is 10.4. The lowest BCUT2D eigenvalue weighted by molar-refractivity contribution is -0.197. The van der Waals surface area contributed by atoms with Gasteiger partial charge < -0.3 is 10.1 Å². The van der Waals surface area contributed by atoms with Crippen molar-refractivity contribution in [3.8, 4) is 0 Å². The van der Waals surface area contributed by atoms with Crippen LogP contribution < -0.4 is 5.32 Å². The highest BCUT2D eigenvalue weighted by atomic mass is 19.4. The highest BCUT2D eigenvalue weighted by Gasteiger charge is 2.48. The molecule has 6 heteroatoms. The van der Waals surface area contributed by atoms with E-state index in [0.29, 0.717) is 25.1 Å². The number of carbonyl (C=O) groups is 1. The molecule has 0 saturated heterocycles. The van der Waals surface area contributed by atoms with Crippen molar-refractivity contribution >= 4 is 11.6 Å². The van der Waals surface area contributed by atoms with Gasteiger partial charge in [-0.15, -0.1) is 0 Å². The Balaban J connectivity index is 2.08. The number of hydrogen-bond acceptors (Lipinski definition) is 2. The monoisotopic (exact) mass is 315 g/mol. The van der Waals surface area contributed by atoms with E-state index >= 15 is 0 Å². The van der Waals surface area contributed by atoms with Crippen molar-refractivity contribution in [1.29, 1.82) is 0 Å². The third-order valence-corrected chi connectivity index (χ3v) is 4.03. The molecule has 1 aliphatic rings. The molecule has 0 spiro atoms. The summed E-state index contributed by atoms with van der Waals surface area (Å²) < 4.78 is 44.2. The number of carbonyl (C=O) groups excluding carboxylic acids is 1. The van der Waals surface area contributed by atoms with Crippen LogP contribution in [-0.2, 0) is 16.1 Å². The van der Waals surface area contributed by atoms with E-state index < -0.39 is 23.9 Å². The molecule has 1 aromatic carbocycles. The number of halogens is 3. The van der Waals surface area contributed by atoms with Gasteiger partial charge in [0.05, 0.1) is 12.5 Å². The molecule has 0 bridgehead atoms. The topological polar surface area (TPSA) is 38.3 Å². The Morgan fingerprint density at radius 3 is 2.73 bits per heavy atom. The normalized spacial score (nSPS) is 22.4. The quantitative estimate of drug-likeness (QED) is 0.907. The molecule has 3 nitrogen and oxygen atoms in total. The first-order valence-corrected chi connectivity index (χ1v) is 7.37. The van der Waals surface area contributed by atoms with Crippen LogP contribution in [0.4, 0.5) is 18.9 Å². The molecule has 0 aliphatic heterocycles. The van der Waals surface area contributed by atoms with Crippen LogP contribution in [0.1, 0.15) is 31.2 Å². The van der Waals surface area contributed by atoms with Gasteiger partial charge in [-0.1, -0.05) is 25.0 Å². The lowest BCUT2D eigenvalue weighted by atomic mass is 9.78. The highest BCUT2D eigenvalue weighted by Crippen LogP contribution is 2.41. The van der Waals surface area contributed by atoms with Crippen LogP contribution in [0.15, 0.2) is 24.3 Å². The van der Waals surface area contributed by atoms with E-state index in [-0.39, 0.29) is 12.8 Å². The molecule has 1 aliphatic carbocycles. The zero-order valence-corrected chi connectivity index (χ0v) is 12.5. The standard InChI is InChI=1S/C16H20F3NO2/c1-22-10-11-5-4-6-12(9-11)20-15(21)13-7-2-3-8-14(13)16(17,18)19/h4-6,9,13-14H,2-3,7-8,10H2,1H3,(H,20,21)/t13-,14+/m1/s1. The number of methoxy groups -OCH3 is 1. The summed E-state index contributed by atoms with van der Waals surface area (Å²) in [6, 6.07) is 6.96. The first-order valence-electron chi connectivity index (χ1n) is 7.37. The lowest BCUT2D eigenvalue weighted by Gasteiger charge is -2.32. The molecule has 1 aromatic rings. The third kappa shape index (κ3) is 4.22. The van der Waals surface area contributed by atoms with Gasteiger partial charge in [0, 0.05) is 18.7 Å². The van der Waals surface area contributed by atoms with Gasteiger partial charge in [-0.2, -0.15) is 13.2 Å². The van der Waals surface area contributed by atoms with Gasteiger partial charge in [0.15, 0.2) is 0 Å². The molecule has 122 valence electrons. The Hall–Kier alpha value is -1.56. The molecule has 2 atom stereocenters. The average molecular weight is 315 g/mol. The molecule has 22 heavy (non-hydrogen) atoms. The molecular weight excluding hydrogens is 295 g/mol. The van der Waals surface area contributed by atoms with E-state index in [1.165, 1.54) is 0 Å².